The van der Waals surface area contributed by atoms with Crippen molar-refractivity contribution in [3.8, 4) is 5.75 Å². The Morgan fingerprint density at radius 2 is 1.72 bits per heavy atom. The second-order valence-corrected chi connectivity index (χ2v) is 6.09. The van der Waals surface area contributed by atoms with Gasteiger partial charge in [0.1, 0.15) is 11.9 Å². The van der Waals surface area contributed by atoms with Gasteiger partial charge in [-0.3, -0.25) is 4.79 Å². The van der Waals surface area contributed by atoms with E-state index in [0.717, 1.165) is 6.92 Å². The fourth-order valence-electron chi connectivity index (χ4n) is 2.61. The molecule has 0 saturated carbocycles. The van der Waals surface area contributed by atoms with Crippen molar-refractivity contribution in [2.75, 3.05) is 33.8 Å². The van der Waals surface area contributed by atoms with Crippen LogP contribution in [0.15, 0.2) is 53.7 Å². The highest BCUT2D eigenvalue weighted by Gasteiger charge is 2.22. The Bertz CT molecular complexity index is 890. The molecule has 176 valence electrons. The van der Waals surface area contributed by atoms with Gasteiger partial charge in [-0.1, -0.05) is 13.8 Å². The van der Waals surface area contributed by atoms with E-state index in [-0.39, 0.29) is 17.0 Å². The van der Waals surface area contributed by atoms with E-state index in [9.17, 15) is 14.0 Å². The van der Waals surface area contributed by atoms with Gasteiger partial charge in [0.2, 0.25) is 5.76 Å². The molecule has 2 rings (SSSR count). The maximum absolute atomic E-state index is 13.2. The summed E-state index contributed by atoms with van der Waals surface area (Å²) in [6.45, 7) is 5.11. The van der Waals surface area contributed by atoms with Crippen LogP contribution in [-0.4, -0.2) is 52.6 Å². The van der Waals surface area contributed by atoms with Crippen LogP contribution < -0.4 is 10.1 Å². The zero-order valence-corrected chi connectivity index (χ0v) is 19.4. The molecule has 0 spiro atoms. The fourth-order valence-corrected chi connectivity index (χ4v) is 2.61. The number of ether oxygens (including phenoxy) is 5. The molecule has 9 heteroatoms. The largest absolute Gasteiger partial charge is 0.495 e. The lowest BCUT2D eigenvalue weighted by molar-refractivity contribution is -0.120. The number of carbonyl (C=O) groups excluding carboxylic acids is 2. The van der Waals surface area contributed by atoms with Crippen LogP contribution >= 0.6 is 0 Å². The maximum atomic E-state index is 13.2. The minimum absolute atomic E-state index is 0.134. The number of halogens is 1. The number of esters is 1. The van der Waals surface area contributed by atoms with Crippen LogP contribution in [0.2, 0.25) is 0 Å². The van der Waals surface area contributed by atoms with Gasteiger partial charge in [0.15, 0.2) is 17.7 Å². The summed E-state index contributed by atoms with van der Waals surface area (Å²) in [6.07, 6.45) is 2.24. The molecule has 1 aromatic rings. The molecule has 1 aliphatic carbocycles. The Morgan fingerprint density at radius 1 is 1.03 bits per heavy atom. The molecule has 2 atom stereocenters. The summed E-state index contributed by atoms with van der Waals surface area (Å²) in [7, 11) is 5.78. The number of methoxy groups -OCH3 is 4. The van der Waals surface area contributed by atoms with Crippen molar-refractivity contribution >= 4 is 17.6 Å². The summed E-state index contributed by atoms with van der Waals surface area (Å²) in [6, 6.07) is 4.29. The zero-order valence-electron chi connectivity index (χ0n) is 19.4. The number of alkyl halides is 1. The number of hydrogen-bond donors (Lipinski definition) is 1. The van der Waals surface area contributed by atoms with Gasteiger partial charge in [-0.05, 0) is 37.3 Å². The van der Waals surface area contributed by atoms with Crippen LogP contribution in [0, 0.1) is 0 Å². The van der Waals surface area contributed by atoms with E-state index in [1.807, 2.05) is 13.8 Å². The quantitative estimate of drug-likeness (QED) is 0.594. The summed E-state index contributed by atoms with van der Waals surface area (Å²) in [5, 5.41) is 2.38. The Hall–Kier alpha value is -3.49. The molecule has 0 saturated heterocycles. The third-order valence-corrected chi connectivity index (χ3v) is 4.14. The third kappa shape index (κ3) is 6.76. The van der Waals surface area contributed by atoms with Gasteiger partial charge in [0.05, 0.1) is 39.7 Å². The molecule has 0 fully saturated rings. The number of anilines is 1. The monoisotopic (exact) mass is 451 g/mol. The number of hydrogen-bond acceptors (Lipinski definition) is 7. The molecular weight excluding hydrogens is 421 g/mol. The van der Waals surface area contributed by atoms with Crippen LogP contribution in [-0.2, 0) is 23.7 Å². The molecule has 0 radical (unpaired) electrons. The Morgan fingerprint density at radius 3 is 2.25 bits per heavy atom. The first-order valence-electron chi connectivity index (χ1n) is 9.95. The molecule has 1 aliphatic rings. The lowest BCUT2D eigenvalue weighted by atomic mass is 10.1. The van der Waals surface area contributed by atoms with Gasteiger partial charge >= 0.3 is 5.97 Å². The van der Waals surface area contributed by atoms with Gasteiger partial charge in [-0.25, -0.2) is 9.18 Å². The molecule has 1 aromatic carbocycles. The van der Waals surface area contributed by atoms with E-state index >= 15 is 0 Å². The minimum Gasteiger partial charge on any atom is -0.495 e. The summed E-state index contributed by atoms with van der Waals surface area (Å²) in [5.41, 5.74) is 0.283. The van der Waals surface area contributed by atoms with Crippen LogP contribution in [0.1, 0.15) is 31.1 Å². The van der Waals surface area contributed by atoms with E-state index in [1.54, 1.807) is 18.2 Å². The number of rotatable bonds is 8. The SMILES string of the molecule is CC.COC1=CC(OC(=O)c2ccc(OC)c(NC(=O)C(C)F)c2)C=CC(OC)=C1OC. The van der Waals surface area contributed by atoms with Crippen molar-refractivity contribution in [1.29, 1.82) is 0 Å². The van der Waals surface area contributed by atoms with E-state index < -0.39 is 24.2 Å². The van der Waals surface area contributed by atoms with Crippen LogP contribution in [0.25, 0.3) is 0 Å². The summed E-state index contributed by atoms with van der Waals surface area (Å²) in [5.74, 6) is -0.179. The van der Waals surface area contributed by atoms with Crippen LogP contribution in [0.3, 0.4) is 0 Å². The Labute approximate surface area is 187 Å². The predicted molar refractivity (Wildman–Crippen MR) is 118 cm³/mol. The molecule has 1 amide bonds. The number of allylic oxidation sites excluding steroid dienone is 1. The average Bonchev–Trinajstić information content (AvgIpc) is 2.98. The minimum atomic E-state index is -1.73. The van der Waals surface area contributed by atoms with Crippen LogP contribution in [0.5, 0.6) is 5.75 Å². The number of nitrogens with one attached hydrogen (secondary N) is 1. The fraction of sp³-hybridized carbons (Fsp3) is 0.391. The highest BCUT2D eigenvalue weighted by Crippen LogP contribution is 2.27. The molecule has 2 unspecified atom stereocenters. The molecule has 0 aliphatic heterocycles. The summed E-state index contributed by atoms with van der Waals surface area (Å²) in [4.78, 5) is 24.4. The smallest absolute Gasteiger partial charge is 0.339 e. The van der Waals surface area contributed by atoms with Gasteiger partial charge in [0, 0.05) is 6.08 Å². The molecular formula is C23H30FNO7. The van der Waals surface area contributed by atoms with Crippen LogP contribution in [0.4, 0.5) is 10.1 Å². The second kappa shape index (κ2) is 13.0. The van der Waals surface area contributed by atoms with Gasteiger partial charge < -0.3 is 29.0 Å². The normalized spacial score (nSPS) is 15.9. The van der Waals surface area contributed by atoms with E-state index in [0.29, 0.717) is 17.3 Å². The number of carbonyl (C=O) groups is 2. The number of benzene rings is 1. The standard InChI is InChI=1S/C21H24FNO7.C2H6/c1-12(22)20(24)23-15-10-13(6-8-16(15)26-2)21(25)30-14-7-9-17(27-3)19(29-5)18(11-14)28-4;1-2/h6-12,14H,1-5H3,(H,23,24);1-2H3. The van der Waals surface area contributed by atoms with E-state index in [2.05, 4.69) is 5.32 Å². The highest BCUT2D eigenvalue weighted by molar-refractivity contribution is 5.97. The molecule has 32 heavy (non-hydrogen) atoms. The lowest BCUT2D eigenvalue weighted by Crippen LogP contribution is -2.22. The second-order valence-electron chi connectivity index (χ2n) is 6.09. The zero-order chi connectivity index (χ0) is 24.3. The molecule has 0 bridgehead atoms. The average molecular weight is 451 g/mol. The molecule has 8 nitrogen and oxygen atoms in total. The Balaban J connectivity index is 0.00000249. The van der Waals surface area contributed by atoms with Gasteiger partial charge in [-0.2, -0.15) is 0 Å². The first kappa shape index (κ1) is 26.5. The Kier molecular flexibility index (Phi) is 10.8. The lowest BCUT2D eigenvalue weighted by Gasteiger charge is -2.15. The van der Waals surface area contributed by atoms with Gasteiger partial charge in [-0.15, -0.1) is 0 Å². The van der Waals surface area contributed by atoms with Crippen molar-refractivity contribution in [2.24, 2.45) is 0 Å². The van der Waals surface area contributed by atoms with Gasteiger partial charge in [0.25, 0.3) is 5.91 Å². The molecule has 1 N–H and O–H groups in total. The summed E-state index contributed by atoms with van der Waals surface area (Å²) < 4.78 is 39.7. The van der Waals surface area contributed by atoms with Crippen molar-refractivity contribution in [3.05, 3.63) is 59.3 Å². The van der Waals surface area contributed by atoms with Crippen molar-refractivity contribution in [1.82, 2.24) is 0 Å². The van der Waals surface area contributed by atoms with E-state index in [1.165, 1.54) is 46.6 Å². The topological polar surface area (TPSA) is 92.3 Å². The first-order valence-corrected chi connectivity index (χ1v) is 9.95. The summed E-state index contributed by atoms with van der Waals surface area (Å²) >= 11 is 0. The number of amides is 1. The van der Waals surface area contributed by atoms with Crippen molar-refractivity contribution in [3.63, 3.8) is 0 Å². The van der Waals surface area contributed by atoms with Crippen molar-refractivity contribution in [2.45, 2.75) is 33.0 Å². The van der Waals surface area contributed by atoms with Crippen molar-refractivity contribution < 1.29 is 37.7 Å². The maximum Gasteiger partial charge on any atom is 0.339 e. The van der Waals surface area contributed by atoms with E-state index in [4.69, 9.17) is 23.7 Å². The molecule has 0 aromatic heterocycles. The molecule has 0 heterocycles. The highest BCUT2D eigenvalue weighted by atomic mass is 19.1. The first-order chi connectivity index (χ1) is 15.3. The predicted octanol–water partition coefficient (Wildman–Crippen LogP) is 4.15. The third-order valence-electron chi connectivity index (χ3n) is 4.14.